The van der Waals surface area contributed by atoms with Crippen molar-refractivity contribution in [3.05, 3.63) is 69.1 Å². The van der Waals surface area contributed by atoms with E-state index in [1.54, 1.807) is 18.2 Å². The monoisotopic (exact) mass is 417 g/mol. The van der Waals surface area contributed by atoms with Crippen LogP contribution in [-0.2, 0) is 15.6 Å². The van der Waals surface area contributed by atoms with Gasteiger partial charge in [-0.25, -0.2) is 8.42 Å². The molecule has 1 aromatic heterocycles. The molecule has 0 fully saturated rings. The zero-order chi connectivity index (χ0) is 19.3. The molecular formula is C20H16ClNO3S2. The minimum Gasteiger partial charge on any atom is -0.321 e. The molecule has 27 heavy (non-hydrogen) atoms. The maximum absolute atomic E-state index is 12.7. The van der Waals surface area contributed by atoms with E-state index in [1.807, 2.05) is 32.0 Å². The summed E-state index contributed by atoms with van der Waals surface area (Å²) in [6.45, 7) is 3.94. The number of rotatable bonds is 2. The Morgan fingerprint density at radius 3 is 2.48 bits per heavy atom. The molecule has 1 aliphatic heterocycles. The maximum atomic E-state index is 12.7. The summed E-state index contributed by atoms with van der Waals surface area (Å²) in [5.41, 5.74) is 4.11. The van der Waals surface area contributed by atoms with Gasteiger partial charge in [-0.05, 0) is 60.9 Å². The van der Waals surface area contributed by atoms with Crippen molar-refractivity contribution in [2.75, 3.05) is 5.32 Å². The third kappa shape index (κ3) is 3.40. The minimum absolute atomic E-state index is 0.122. The van der Waals surface area contributed by atoms with Gasteiger partial charge in [-0.2, -0.15) is 0 Å². The van der Waals surface area contributed by atoms with Crippen LogP contribution in [0.4, 0.5) is 5.69 Å². The van der Waals surface area contributed by atoms with Crippen molar-refractivity contribution >= 4 is 44.4 Å². The molecule has 0 saturated carbocycles. The number of hydrogen-bond acceptors (Lipinski definition) is 4. The van der Waals surface area contributed by atoms with Crippen molar-refractivity contribution in [2.24, 2.45) is 0 Å². The van der Waals surface area contributed by atoms with Gasteiger partial charge in [0.05, 0.1) is 15.5 Å². The Morgan fingerprint density at radius 2 is 1.78 bits per heavy atom. The van der Waals surface area contributed by atoms with E-state index in [1.165, 1.54) is 17.4 Å². The summed E-state index contributed by atoms with van der Waals surface area (Å²) in [6, 6.07) is 12.4. The molecule has 1 aliphatic rings. The highest BCUT2D eigenvalue weighted by atomic mass is 35.5. The first-order valence-corrected chi connectivity index (χ1v) is 11.1. The molecule has 7 heteroatoms. The standard InChI is InChI=1S/C20H16ClNO3S2/c1-11-5-12(2)7-15(6-11)22-20(23)17-8-13-10-27(24,25)18-9-14(21)3-4-16(18)19(13)26-17/h3-9H,10H2,1-2H3,(H,22,23). The number of nitrogens with one attached hydrogen (secondary N) is 1. The molecule has 1 amide bonds. The van der Waals surface area contributed by atoms with Crippen LogP contribution >= 0.6 is 22.9 Å². The van der Waals surface area contributed by atoms with Gasteiger partial charge in [0, 0.05) is 21.2 Å². The van der Waals surface area contributed by atoms with Gasteiger partial charge >= 0.3 is 0 Å². The van der Waals surface area contributed by atoms with Gasteiger partial charge in [-0.15, -0.1) is 11.3 Å². The van der Waals surface area contributed by atoms with Crippen molar-refractivity contribution < 1.29 is 13.2 Å². The molecular weight excluding hydrogens is 402 g/mol. The number of benzene rings is 2. The number of aryl methyl sites for hydroxylation is 2. The number of carbonyl (C=O) groups is 1. The SMILES string of the molecule is Cc1cc(C)cc(NC(=O)c2cc3c(s2)-c2ccc(Cl)cc2S(=O)(=O)C3)c1. The molecule has 0 saturated heterocycles. The summed E-state index contributed by atoms with van der Waals surface area (Å²) >= 11 is 7.28. The molecule has 0 spiro atoms. The second-order valence-corrected chi connectivity index (χ2v) is 10.1. The molecule has 0 aliphatic carbocycles. The summed E-state index contributed by atoms with van der Waals surface area (Å²) in [5.74, 6) is -0.365. The summed E-state index contributed by atoms with van der Waals surface area (Å²) in [6.07, 6.45) is 0. The first-order valence-electron chi connectivity index (χ1n) is 8.28. The maximum Gasteiger partial charge on any atom is 0.265 e. The Kier molecular flexibility index (Phi) is 4.37. The lowest BCUT2D eigenvalue weighted by Crippen LogP contribution is -2.11. The van der Waals surface area contributed by atoms with Crippen LogP contribution < -0.4 is 5.32 Å². The number of anilines is 1. The Labute approximate surface area is 166 Å². The third-order valence-corrected chi connectivity index (χ3v) is 7.52. The van der Waals surface area contributed by atoms with E-state index in [-0.39, 0.29) is 16.6 Å². The van der Waals surface area contributed by atoms with Crippen LogP contribution in [0.25, 0.3) is 10.4 Å². The van der Waals surface area contributed by atoms with Gasteiger partial charge in [0.1, 0.15) is 0 Å². The van der Waals surface area contributed by atoms with Gasteiger partial charge < -0.3 is 5.32 Å². The molecule has 2 aromatic carbocycles. The molecule has 4 nitrogen and oxygen atoms in total. The number of thiophene rings is 1. The lowest BCUT2D eigenvalue weighted by molar-refractivity contribution is 0.103. The first-order chi connectivity index (χ1) is 12.7. The zero-order valence-electron chi connectivity index (χ0n) is 14.7. The number of hydrogen-bond donors (Lipinski definition) is 1. The largest absolute Gasteiger partial charge is 0.321 e. The molecule has 0 bridgehead atoms. The second-order valence-electron chi connectivity index (χ2n) is 6.70. The number of halogens is 1. The van der Waals surface area contributed by atoms with E-state index in [0.717, 1.165) is 21.7 Å². The smallest absolute Gasteiger partial charge is 0.265 e. The Bertz CT molecular complexity index is 1180. The molecule has 0 radical (unpaired) electrons. The van der Waals surface area contributed by atoms with E-state index in [0.29, 0.717) is 21.0 Å². The minimum atomic E-state index is -3.47. The molecule has 1 N–H and O–H groups in total. The van der Waals surface area contributed by atoms with Crippen molar-refractivity contribution in [3.8, 4) is 10.4 Å². The van der Waals surface area contributed by atoms with Crippen LogP contribution in [0.1, 0.15) is 26.4 Å². The van der Waals surface area contributed by atoms with Crippen molar-refractivity contribution in [1.82, 2.24) is 0 Å². The second kappa shape index (κ2) is 6.48. The van der Waals surface area contributed by atoms with E-state index in [2.05, 4.69) is 5.32 Å². The Balaban J connectivity index is 1.72. The molecule has 138 valence electrons. The Hall–Kier alpha value is -2.15. The van der Waals surface area contributed by atoms with Crippen molar-refractivity contribution in [1.29, 1.82) is 0 Å². The number of carbonyl (C=O) groups excluding carboxylic acids is 1. The summed E-state index contributed by atoms with van der Waals surface area (Å²) in [4.78, 5) is 14.2. The van der Waals surface area contributed by atoms with Crippen LogP contribution in [0.5, 0.6) is 0 Å². The highest BCUT2D eigenvalue weighted by Crippen LogP contribution is 2.43. The molecule has 0 unspecified atom stereocenters. The highest BCUT2D eigenvalue weighted by molar-refractivity contribution is 7.91. The lowest BCUT2D eigenvalue weighted by atomic mass is 10.1. The van der Waals surface area contributed by atoms with Crippen molar-refractivity contribution in [2.45, 2.75) is 24.5 Å². The number of amides is 1. The first kappa shape index (κ1) is 18.2. The summed E-state index contributed by atoms with van der Waals surface area (Å²) in [5, 5.41) is 3.28. The molecule has 0 atom stereocenters. The van der Waals surface area contributed by atoms with E-state index in [4.69, 9.17) is 11.6 Å². The fraction of sp³-hybridized carbons (Fsp3) is 0.150. The zero-order valence-corrected chi connectivity index (χ0v) is 17.1. The quantitative estimate of drug-likeness (QED) is 0.621. The van der Waals surface area contributed by atoms with Crippen LogP contribution in [0.2, 0.25) is 5.02 Å². The van der Waals surface area contributed by atoms with Crippen LogP contribution in [0, 0.1) is 13.8 Å². The van der Waals surface area contributed by atoms with Gasteiger partial charge in [0.25, 0.3) is 5.91 Å². The van der Waals surface area contributed by atoms with E-state index in [9.17, 15) is 13.2 Å². The molecule has 3 aromatic rings. The van der Waals surface area contributed by atoms with Crippen LogP contribution in [-0.4, -0.2) is 14.3 Å². The average molecular weight is 418 g/mol. The van der Waals surface area contributed by atoms with Crippen LogP contribution in [0.3, 0.4) is 0 Å². The normalized spacial score (nSPS) is 14.3. The average Bonchev–Trinajstić information content (AvgIpc) is 2.97. The number of sulfone groups is 1. The van der Waals surface area contributed by atoms with Gasteiger partial charge in [0.15, 0.2) is 9.84 Å². The topological polar surface area (TPSA) is 63.2 Å². The van der Waals surface area contributed by atoms with Gasteiger partial charge in [0.2, 0.25) is 0 Å². The lowest BCUT2D eigenvalue weighted by Gasteiger charge is -2.16. The summed E-state index contributed by atoms with van der Waals surface area (Å²) < 4.78 is 25.2. The Morgan fingerprint density at radius 1 is 1.07 bits per heavy atom. The fourth-order valence-electron chi connectivity index (χ4n) is 3.34. The van der Waals surface area contributed by atoms with Gasteiger partial charge in [-0.1, -0.05) is 23.7 Å². The predicted octanol–water partition coefficient (Wildman–Crippen LogP) is 5.22. The van der Waals surface area contributed by atoms with Gasteiger partial charge in [-0.3, -0.25) is 4.79 Å². The highest BCUT2D eigenvalue weighted by Gasteiger charge is 2.31. The molecule has 4 rings (SSSR count). The van der Waals surface area contributed by atoms with Crippen molar-refractivity contribution in [3.63, 3.8) is 0 Å². The predicted molar refractivity (Wildman–Crippen MR) is 110 cm³/mol. The molecule has 2 heterocycles. The van der Waals surface area contributed by atoms with E-state index >= 15 is 0 Å². The number of fused-ring (bicyclic) bond motifs is 3. The van der Waals surface area contributed by atoms with E-state index < -0.39 is 9.84 Å². The fourth-order valence-corrected chi connectivity index (χ4v) is 6.45. The van der Waals surface area contributed by atoms with Crippen LogP contribution in [0.15, 0.2) is 47.4 Å². The third-order valence-electron chi connectivity index (χ3n) is 4.38. The summed E-state index contributed by atoms with van der Waals surface area (Å²) in [7, 11) is -3.47.